The first-order valence-electron chi connectivity index (χ1n) is 11.4. The molecule has 10 heteroatoms. The minimum atomic E-state index is -4.59. The highest BCUT2D eigenvalue weighted by Crippen LogP contribution is 2.38. The Morgan fingerprint density at radius 3 is 2.50 bits per heavy atom. The molecular weight excluding hydrogens is 480 g/mol. The van der Waals surface area contributed by atoms with Gasteiger partial charge in [0.15, 0.2) is 6.61 Å². The van der Waals surface area contributed by atoms with Crippen LogP contribution in [0.4, 0.5) is 23.2 Å². The van der Waals surface area contributed by atoms with E-state index in [4.69, 9.17) is 14.2 Å². The number of hydrogen-bond donors (Lipinski definition) is 0. The van der Waals surface area contributed by atoms with Gasteiger partial charge >= 0.3 is 6.18 Å². The fourth-order valence-electron chi connectivity index (χ4n) is 4.33. The monoisotopic (exact) mass is 502 g/mol. The quantitative estimate of drug-likeness (QED) is 0.414. The van der Waals surface area contributed by atoms with Gasteiger partial charge in [-0.05, 0) is 42.5 Å². The Balaban J connectivity index is 1.40. The van der Waals surface area contributed by atoms with Crippen molar-refractivity contribution in [3.63, 3.8) is 0 Å². The SMILES string of the molecule is O=C1c2ccnc(-c3ccc(F)cc3OCC(F)(F)F)c2CN1c1ccc(OC2CCOCC2)cc1. The maximum atomic E-state index is 13.8. The van der Waals surface area contributed by atoms with E-state index in [2.05, 4.69) is 4.98 Å². The molecule has 188 valence electrons. The number of halogens is 4. The molecule has 0 bridgehead atoms. The Hall–Kier alpha value is -3.66. The van der Waals surface area contributed by atoms with Crippen molar-refractivity contribution >= 4 is 11.6 Å². The summed E-state index contributed by atoms with van der Waals surface area (Å²) in [6.45, 7) is -0.104. The van der Waals surface area contributed by atoms with E-state index in [0.717, 1.165) is 25.0 Å². The molecule has 0 saturated carbocycles. The van der Waals surface area contributed by atoms with Crippen LogP contribution in [0.3, 0.4) is 0 Å². The van der Waals surface area contributed by atoms with Crippen LogP contribution in [0.1, 0.15) is 28.8 Å². The van der Waals surface area contributed by atoms with Gasteiger partial charge in [-0.1, -0.05) is 0 Å². The van der Waals surface area contributed by atoms with Gasteiger partial charge in [0.1, 0.15) is 23.4 Å². The van der Waals surface area contributed by atoms with E-state index in [1.54, 1.807) is 35.2 Å². The number of fused-ring (bicyclic) bond motifs is 1. The van der Waals surface area contributed by atoms with Crippen molar-refractivity contribution < 1.29 is 36.6 Å². The van der Waals surface area contributed by atoms with Gasteiger partial charge in [-0.3, -0.25) is 9.78 Å². The van der Waals surface area contributed by atoms with Gasteiger partial charge in [-0.15, -0.1) is 0 Å². The number of carbonyl (C=O) groups is 1. The third kappa shape index (κ3) is 5.13. The van der Waals surface area contributed by atoms with Gasteiger partial charge in [0.25, 0.3) is 5.91 Å². The predicted octanol–water partition coefficient (Wildman–Crippen LogP) is 5.55. The molecule has 0 radical (unpaired) electrons. The van der Waals surface area contributed by atoms with Crippen LogP contribution >= 0.6 is 0 Å². The van der Waals surface area contributed by atoms with Crippen LogP contribution in [0.25, 0.3) is 11.3 Å². The second-order valence-electron chi connectivity index (χ2n) is 8.54. The molecule has 2 aliphatic heterocycles. The fourth-order valence-corrected chi connectivity index (χ4v) is 4.33. The Labute approximate surface area is 204 Å². The average molecular weight is 502 g/mol. The van der Waals surface area contributed by atoms with Crippen LogP contribution in [0.5, 0.6) is 11.5 Å². The van der Waals surface area contributed by atoms with Gasteiger partial charge in [-0.2, -0.15) is 13.2 Å². The number of anilines is 1. The summed E-state index contributed by atoms with van der Waals surface area (Å²) in [6, 6.07) is 12.0. The maximum Gasteiger partial charge on any atom is 0.422 e. The number of rotatable bonds is 6. The third-order valence-electron chi connectivity index (χ3n) is 6.06. The van der Waals surface area contributed by atoms with E-state index in [1.165, 1.54) is 12.3 Å². The molecule has 3 aromatic rings. The number of hydrogen-bond acceptors (Lipinski definition) is 5. The fraction of sp³-hybridized carbons (Fsp3) is 0.308. The first kappa shape index (κ1) is 24.1. The van der Waals surface area contributed by atoms with Crippen LogP contribution in [0.2, 0.25) is 0 Å². The zero-order valence-electron chi connectivity index (χ0n) is 19.1. The van der Waals surface area contributed by atoms with Crippen LogP contribution < -0.4 is 14.4 Å². The molecular formula is C26H22F4N2O4. The number of aromatic nitrogens is 1. The summed E-state index contributed by atoms with van der Waals surface area (Å²) in [5, 5.41) is 0. The molecule has 1 fully saturated rings. The van der Waals surface area contributed by atoms with Gasteiger partial charge in [-0.25, -0.2) is 4.39 Å². The van der Waals surface area contributed by atoms with Crippen molar-refractivity contribution in [3.05, 3.63) is 71.7 Å². The summed E-state index contributed by atoms with van der Waals surface area (Å²) in [4.78, 5) is 19.0. The normalized spacial score (nSPS) is 16.2. The van der Waals surface area contributed by atoms with E-state index in [1.807, 2.05) is 0 Å². The minimum absolute atomic E-state index is 0.0837. The summed E-state index contributed by atoms with van der Waals surface area (Å²) in [5.74, 6) is -0.625. The van der Waals surface area contributed by atoms with Gasteiger partial charge in [0.2, 0.25) is 0 Å². The molecule has 36 heavy (non-hydrogen) atoms. The van der Waals surface area contributed by atoms with Crippen molar-refractivity contribution in [3.8, 4) is 22.8 Å². The summed E-state index contributed by atoms with van der Waals surface area (Å²) >= 11 is 0. The number of amides is 1. The first-order chi connectivity index (χ1) is 17.3. The van der Waals surface area contributed by atoms with Crippen molar-refractivity contribution in [1.82, 2.24) is 4.98 Å². The highest BCUT2D eigenvalue weighted by Gasteiger charge is 2.33. The zero-order chi connectivity index (χ0) is 25.3. The molecule has 2 aromatic carbocycles. The summed E-state index contributed by atoms with van der Waals surface area (Å²) < 4.78 is 68.3. The van der Waals surface area contributed by atoms with Gasteiger partial charge < -0.3 is 19.1 Å². The number of alkyl halides is 3. The molecule has 0 atom stereocenters. The molecule has 1 saturated heterocycles. The standard InChI is InChI=1S/C26H22F4N2O4/c27-16-1-6-21(23(13-16)35-15-26(28,29)30)24-22-14-32(25(33)20(22)7-10-31-24)17-2-4-18(5-3-17)36-19-8-11-34-12-9-19/h1-7,10,13,19H,8-9,11-12,14-15H2. The number of nitrogens with zero attached hydrogens (tertiary/aromatic N) is 2. The molecule has 6 nitrogen and oxygen atoms in total. The van der Waals surface area contributed by atoms with Gasteiger partial charge in [0, 0.05) is 47.5 Å². The van der Waals surface area contributed by atoms with Crippen LogP contribution in [0.15, 0.2) is 54.7 Å². The van der Waals surface area contributed by atoms with E-state index in [9.17, 15) is 22.4 Å². The Morgan fingerprint density at radius 1 is 1.03 bits per heavy atom. The van der Waals surface area contributed by atoms with E-state index in [-0.39, 0.29) is 35.6 Å². The molecule has 1 aromatic heterocycles. The predicted molar refractivity (Wildman–Crippen MR) is 123 cm³/mol. The Bertz CT molecular complexity index is 1260. The van der Waals surface area contributed by atoms with Crippen molar-refractivity contribution in [1.29, 1.82) is 0 Å². The zero-order valence-corrected chi connectivity index (χ0v) is 19.1. The lowest BCUT2D eigenvalue weighted by atomic mass is 10.0. The lowest BCUT2D eigenvalue weighted by molar-refractivity contribution is -0.153. The molecule has 0 N–H and O–H groups in total. The van der Waals surface area contributed by atoms with Crippen molar-refractivity contribution in [2.45, 2.75) is 31.7 Å². The molecule has 0 unspecified atom stereocenters. The molecule has 0 spiro atoms. The smallest absolute Gasteiger partial charge is 0.422 e. The van der Waals surface area contributed by atoms with E-state index >= 15 is 0 Å². The largest absolute Gasteiger partial charge is 0.490 e. The molecule has 2 aliphatic rings. The van der Waals surface area contributed by atoms with Crippen molar-refractivity contribution in [2.24, 2.45) is 0 Å². The number of carbonyl (C=O) groups excluding carboxylic acids is 1. The van der Waals surface area contributed by atoms with Gasteiger partial charge in [0.05, 0.1) is 25.5 Å². The molecule has 5 rings (SSSR count). The Kier molecular flexibility index (Phi) is 6.53. The summed E-state index contributed by atoms with van der Waals surface area (Å²) in [5.41, 5.74) is 1.96. The second kappa shape index (κ2) is 9.77. The second-order valence-corrected chi connectivity index (χ2v) is 8.54. The minimum Gasteiger partial charge on any atom is -0.490 e. The number of ether oxygens (including phenoxy) is 3. The first-order valence-corrected chi connectivity index (χ1v) is 11.4. The Morgan fingerprint density at radius 2 is 1.78 bits per heavy atom. The summed E-state index contributed by atoms with van der Waals surface area (Å²) in [7, 11) is 0. The highest BCUT2D eigenvalue weighted by atomic mass is 19.4. The van der Waals surface area contributed by atoms with E-state index in [0.29, 0.717) is 35.8 Å². The maximum absolute atomic E-state index is 13.8. The highest BCUT2D eigenvalue weighted by molar-refractivity contribution is 6.11. The molecule has 0 aliphatic carbocycles. The summed E-state index contributed by atoms with van der Waals surface area (Å²) in [6.07, 6.45) is -1.48. The van der Waals surface area contributed by atoms with Crippen LogP contribution in [0, 0.1) is 5.82 Å². The van der Waals surface area contributed by atoms with Crippen molar-refractivity contribution in [2.75, 3.05) is 24.7 Å². The molecule has 1 amide bonds. The average Bonchev–Trinajstić information content (AvgIpc) is 3.20. The topological polar surface area (TPSA) is 60.9 Å². The lowest BCUT2D eigenvalue weighted by Crippen LogP contribution is -2.26. The van der Waals surface area contributed by atoms with E-state index < -0.39 is 18.6 Å². The number of benzene rings is 2. The number of pyridine rings is 1. The lowest BCUT2D eigenvalue weighted by Gasteiger charge is -2.23. The third-order valence-corrected chi connectivity index (χ3v) is 6.06. The van der Waals surface area contributed by atoms with Crippen LogP contribution in [-0.2, 0) is 11.3 Å². The molecule has 3 heterocycles. The van der Waals surface area contributed by atoms with Crippen LogP contribution in [-0.4, -0.2) is 43.0 Å².